The van der Waals surface area contributed by atoms with Gasteiger partial charge in [0.15, 0.2) is 6.61 Å². The zero-order valence-corrected chi connectivity index (χ0v) is 15.3. The summed E-state index contributed by atoms with van der Waals surface area (Å²) >= 11 is 0. The van der Waals surface area contributed by atoms with Gasteiger partial charge in [0.05, 0.1) is 18.7 Å². The van der Waals surface area contributed by atoms with Crippen molar-refractivity contribution in [3.8, 4) is 5.75 Å². The molecule has 8 nitrogen and oxygen atoms in total. The van der Waals surface area contributed by atoms with E-state index >= 15 is 0 Å². The van der Waals surface area contributed by atoms with Crippen LogP contribution in [0.5, 0.6) is 5.75 Å². The van der Waals surface area contributed by atoms with Gasteiger partial charge in [0.25, 0.3) is 0 Å². The number of furan rings is 1. The average molecular weight is 386 g/mol. The molecule has 1 aliphatic heterocycles. The zero-order valence-electron chi connectivity index (χ0n) is 15.3. The molecule has 0 aliphatic carbocycles. The number of carbonyl (C=O) groups is 3. The zero-order chi connectivity index (χ0) is 19.9. The van der Waals surface area contributed by atoms with E-state index in [1.54, 1.807) is 35.4 Å². The maximum Gasteiger partial charge on any atom is 0.341 e. The molecule has 1 fully saturated rings. The number of nitrogens with zero attached hydrogens (tertiary/aromatic N) is 1. The smallest absolute Gasteiger partial charge is 0.341 e. The predicted molar refractivity (Wildman–Crippen MR) is 98.5 cm³/mol. The molecule has 1 saturated heterocycles. The Labute approximate surface area is 162 Å². The molecule has 8 heteroatoms. The van der Waals surface area contributed by atoms with E-state index < -0.39 is 5.97 Å². The van der Waals surface area contributed by atoms with Crippen LogP contribution in [0.4, 0.5) is 0 Å². The van der Waals surface area contributed by atoms with Gasteiger partial charge in [-0.3, -0.25) is 9.59 Å². The number of carboxylic acids is 1. The molecule has 1 unspecified atom stereocenters. The van der Waals surface area contributed by atoms with Gasteiger partial charge in [0.2, 0.25) is 11.8 Å². The Morgan fingerprint density at radius 2 is 2.04 bits per heavy atom. The molecule has 0 bridgehead atoms. The summed E-state index contributed by atoms with van der Waals surface area (Å²) in [6.45, 7) is 0.844. The second-order valence-corrected chi connectivity index (χ2v) is 6.62. The van der Waals surface area contributed by atoms with E-state index in [0.717, 1.165) is 5.56 Å². The lowest BCUT2D eigenvalue weighted by Crippen LogP contribution is -2.34. The van der Waals surface area contributed by atoms with Crippen molar-refractivity contribution in [2.45, 2.75) is 19.4 Å². The Kier molecular flexibility index (Phi) is 6.31. The maximum absolute atomic E-state index is 12.3. The summed E-state index contributed by atoms with van der Waals surface area (Å²) in [5.74, 6) is -0.374. The van der Waals surface area contributed by atoms with Gasteiger partial charge in [0.1, 0.15) is 11.5 Å². The van der Waals surface area contributed by atoms with Crippen LogP contribution in [0.15, 0.2) is 47.1 Å². The van der Waals surface area contributed by atoms with Crippen LogP contribution >= 0.6 is 0 Å². The average Bonchev–Trinajstić information content (AvgIpc) is 3.31. The van der Waals surface area contributed by atoms with Crippen molar-refractivity contribution in [1.29, 1.82) is 0 Å². The highest BCUT2D eigenvalue weighted by Gasteiger charge is 2.34. The Balaban J connectivity index is 1.40. The molecule has 0 spiro atoms. The van der Waals surface area contributed by atoms with Crippen LogP contribution in [0.25, 0.3) is 0 Å². The van der Waals surface area contributed by atoms with E-state index in [4.69, 9.17) is 14.3 Å². The first-order chi connectivity index (χ1) is 13.5. The summed E-state index contributed by atoms with van der Waals surface area (Å²) in [5, 5.41) is 11.5. The second kappa shape index (κ2) is 9.07. The van der Waals surface area contributed by atoms with Crippen LogP contribution in [0.1, 0.15) is 17.7 Å². The minimum Gasteiger partial charge on any atom is -0.482 e. The van der Waals surface area contributed by atoms with Gasteiger partial charge in [-0.15, -0.1) is 0 Å². The number of carboxylic acid groups (broad SMARTS) is 1. The number of aliphatic carboxylic acids is 1. The molecular weight excluding hydrogens is 364 g/mol. The number of nitrogens with one attached hydrogen (secondary N) is 1. The van der Waals surface area contributed by atoms with Crippen LogP contribution in [-0.4, -0.2) is 47.5 Å². The van der Waals surface area contributed by atoms with Gasteiger partial charge in [-0.2, -0.15) is 0 Å². The lowest BCUT2D eigenvalue weighted by atomic mass is 10.1. The van der Waals surface area contributed by atoms with E-state index in [0.29, 0.717) is 37.6 Å². The maximum atomic E-state index is 12.3. The van der Waals surface area contributed by atoms with Crippen LogP contribution in [-0.2, 0) is 27.3 Å². The number of benzene rings is 1. The van der Waals surface area contributed by atoms with Gasteiger partial charge in [-0.05, 0) is 36.2 Å². The molecule has 1 aromatic heterocycles. The standard InChI is InChI=1S/C20H22N2O6/c23-18-10-15(11-22(18)12-17-2-1-9-27-17)20(26)21-8-7-14-3-5-16(6-4-14)28-13-19(24)25/h1-6,9,15H,7-8,10-13H2,(H,21,26)(H,24,25). The highest BCUT2D eigenvalue weighted by Crippen LogP contribution is 2.20. The van der Waals surface area contributed by atoms with Crippen LogP contribution in [0, 0.1) is 5.92 Å². The number of rotatable bonds is 9. The molecule has 1 aliphatic rings. The fourth-order valence-corrected chi connectivity index (χ4v) is 3.06. The van der Waals surface area contributed by atoms with E-state index in [-0.39, 0.29) is 30.8 Å². The lowest BCUT2D eigenvalue weighted by Gasteiger charge is -2.15. The molecule has 2 aromatic rings. The Hall–Kier alpha value is -3.29. The third-order valence-electron chi connectivity index (χ3n) is 4.51. The minimum atomic E-state index is -1.03. The first-order valence-corrected chi connectivity index (χ1v) is 9.02. The second-order valence-electron chi connectivity index (χ2n) is 6.62. The molecule has 28 heavy (non-hydrogen) atoms. The number of hydrogen-bond acceptors (Lipinski definition) is 5. The Bertz CT molecular complexity index is 816. The first kappa shape index (κ1) is 19.5. The molecule has 2 N–H and O–H groups in total. The van der Waals surface area contributed by atoms with Crippen molar-refractivity contribution >= 4 is 17.8 Å². The van der Waals surface area contributed by atoms with E-state index in [9.17, 15) is 14.4 Å². The van der Waals surface area contributed by atoms with Gasteiger partial charge in [-0.25, -0.2) is 4.79 Å². The SMILES string of the molecule is O=C(O)COc1ccc(CCNC(=O)C2CC(=O)N(Cc3ccco3)C2)cc1. The highest BCUT2D eigenvalue weighted by atomic mass is 16.5. The van der Waals surface area contributed by atoms with Crippen molar-refractivity contribution in [3.05, 3.63) is 54.0 Å². The Morgan fingerprint density at radius 1 is 1.25 bits per heavy atom. The molecular formula is C20H22N2O6. The topological polar surface area (TPSA) is 109 Å². The molecule has 1 atom stereocenters. The van der Waals surface area contributed by atoms with Crippen LogP contribution < -0.4 is 10.1 Å². The molecule has 3 rings (SSSR count). The van der Waals surface area contributed by atoms with Gasteiger partial charge in [-0.1, -0.05) is 12.1 Å². The quantitative estimate of drug-likeness (QED) is 0.675. The summed E-state index contributed by atoms with van der Waals surface area (Å²) in [6, 6.07) is 10.6. The molecule has 2 amide bonds. The number of carbonyl (C=O) groups excluding carboxylic acids is 2. The number of ether oxygens (including phenoxy) is 1. The summed E-state index contributed by atoms with van der Waals surface area (Å²) in [6.07, 6.45) is 2.40. The van der Waals surface area contributed by atoms with Crippen molar-refractivity contribution in [1.82, 2.24) is 10.2 Å². The summed E-state index contributed by atoms with van der Waals surface area (Å²) in [7, 11) is 0. The first-order valence-electron chi connectivity index (χ1n) is 9.02. The van der Waals surface area contributed by atoms with Gasteiger partial charge >= 0.3 is 5.97 Å². The predicted octanol–water partition coefficient (Wildman–Crippen LogP) is 1.45. The molecule has 2 heterocycles. The third kappa shape index (κ3) is 5.35. The van der Waals surface area contributed by atoms with Crippen molar-refractivity contribution in [3.63, 3.8) is 0 Å². The van der Waals surface area contributed by atoms with Crippen molar-refractivity contribution < 1.29 is 28.6 Å². The molecule has 0 saturated carbocycles. The fourth-order valence-electron chi connectivity index (χ4n) is 3.06. The largest absolute Gasteiger partial charge is 0.482 e. The van der Waals surface area contributed by atoms with Gasteiger partial charge in [0, 0.05) is 19.5 Å². The van der Waals surface area contributed by atoms with Gasteiger partial charge < -0.3 is 24.5 Å². The third-order valence-corrected chi connectivity index (χ3v) is 4.51. The molecule has 1 aromatic carbocycles. The lowest BCUT2D eigenvalue weighted by molar-refractivity contribution is -0.139. The molecule has 0 radical (unpaired) electrons. The normalized spacial score (nSPS) is 16.2. The van der Waals surface area contributed by atoms with Crippen LogP contribution in [0.3, 0.4) is 0 Å². The molecule has 148 valence electrons. The number of amides is 2. The van der Waals surface area contributed by atoms with Crippen LogP contribution in [0.2, 0.25) is 0 Å². The summed E-state index contributed by atoms with van der Waals surface area (Å²) in [5.41, 5.74) is 0.991. The van der Waals surface area contributed by atoms with Crippen molar-refractivity contribution in [2.75, 3.05) is 19.7 Å². The summed E-state index contributed by atoms with van der Waals surface area (Å²) in [4.78, 5) is 36.6. The van der Waals surface area contributed by atoms with Crippen molar-refractivity contribution in [2.24, 2.45) is 5.92 Å². The number of hydrogen-bond donors (Lipinski definition) is 2. The van der Waals surface area contributed by atoms with E-state index in [2.05, 4.69) is 5.32 Å². The van der Waals surface area contributed by atoms with E-state index in [1.165, 1.54) is 0 Å². The fraction of sp³-hybridized carbons (Fsp3) is 0.350. The number of likely N-dealkylation sites (tertiary alicyclic amines) is 1. The van der Waals surface area contributed by atoms with E-state index in [1.807, 2.05) is 12.1 Å². The highest BCUT2D eigenvalue weighted by molar-refractivity contribution is 5.89. The minimum absolute atomic E-state index is 0.0477. The summed E-state index contributed by atoms with van der Waals surface area (Å²) < 4.78 is 10.3. The Morgan fingerprint density at radius 3 is 2.71 bits per heavy atom. The monoisotopic (exact) mass is 386 g/mol.